The lowest BCUT2D eigenvalue weighted by Gasteiger charge is -2.54. The molecule has 4 nitrogen and oxygen atoms in total. The number of hydrogen-bond acceptors (Lipinski definition) is 3. The van der Waals surface area contributed by atoms with E-state index in [1.54, 1.807) is 0 Å². The molecule has 0 spiro atoms. The van der Waals surface area contributed by atoms with Gasteiger partial charge in [0.15, 0.2) is 0 Å². The summed E-state index contributed by atoms with van der Waals surface area (Å²) in [5.74, 6) is 3.26. The largest absolute Gasteiger partial charge is 0.478 e. The van der Waals surface area contributed by atoms with Crippen molar-refractivity contribution in [1.82, 2.24) is 9.97 Å². The molecule has 106 valence electrons. The quantitative estimate of drug-likeness (QED) is 0.898. The van der Waals surface area contributed by atoms with Crippen LogP contribution in [0.15, 0.2) is 6.20 Å². The molecule has 1 heterocycles. The first kappa shape index (κ1) is 12.3. The van der Waals surface area contributed by atoms with E-state index in [0.717, 1.165) is 17.5 Å². The van der Waals surface area contributed by atoms with Gasteiger partial charge in [0.05, 0.1) is 11.3 Å². The van der Waals surface area contributed by atoms with Crippen molar-refractivity contribution in [3.8, 4) is 0 Å². The van der Waals surface area contributed by atoms with Gasteiger partial charge in [-0.2, -0.15) is 0 Å². The van der Waals surface area contributed by atoms with Crippen molar-refractivity contribution in [2.45, 2.75) is 44.9 Å². The van der Waals surface area contributed by atoms with Crippen LogP contribution in [0.5, 0.6) is 0 Å². The van der Waals surface area contributed by atoms with Crippen molar-refractivity contribution in [1.29, 1.82) is 0 Å². The van der Waals surface area contributed by atoms with Gasteiger partial charge >= 0.3 is 5.97 Å². The maximum absolute atomic E-state index is 11.5. The summed E-state index contributed by atoms with van der Waals surface area (Å²) in [6.45, 7) is 1.85. The lowest BCUT2D eigenvalue weighted by Crippen LogP contribution is -2.44. The van der Waals surface area contributed by atoms with Crippen LogP contribution in [0, 0.1) is 30.6 Å². The van der Waals surface area contributed by atoms with Crippen LogP contribution in [0.3, 0.4) is 0 Å². The molecule has 0 atom stereocenters. The molecule has 5 rings (SSSR count). The summed E-state index contributed by atoms with van der Waals surface area (Å²) in [5.41, 5.74) is 1.15. The zero-order chi connectivity index (χ0) is 13.9. The molecular formula is C16H20N2O2. The fourth-order valence-corrected chi connectivity index (χ4v) is 5.28. The van der Waals surface area contributed by atoms with Crippen LogP contribution in [0.25, 0.3) is 0 Å². The number of aromatic nitrogens is 2. The molecule has 1 N–H and O–H groups in total. The van der Waals surface area contributed by atoms with Gasteiger partial charge in [0.1, 0.15) is 5.82 Å². The third kappa shape index (κ3) is 1.77. The Morgan fingerprint density at radius 3 is 2.30 bits per heavy atom. The lowest BCUT2D eigenvalue weighted by atomic mass is 9.51. The molecule has 0 aliphatic heterocycles. The number of aromatic carboxylic acids is 1. The Bertz CT molecular complexity index is 542. The highest BCUT2D eigenvalue weighted by Gasteiger charge is 2.49. The Balaban J connectivity index is 1.77. The highest BCUT2D eigenvalue weighted by atomic mass is 16.4. The van der Waals surface area contributed by atoms with Crippen molar-refractivity contribution >= 4 is 5.97 Å². The van der Waals surface area contributed by atoms with Crippen molar-refractivity contribution in [3.05, 3.63) is 23.3 Å². The van der Waals surface area contributed by atoms with E-state index in [9.17, 15) is 9.90 Å². The smallest absolute Gasteiger partial charge is 0.339 e. The zero-order valence-corrected chi connectivity index (χ0v) is 11.7. The van der Waals surface area contributed by atoms with E-state index in [4.69, 9.17) is 0 Å². The fourth-order valence-electron chi connectivity index (χ4n) is 5.28. The van der Waals surface area contributed by atoms with Gasteiger partial charge in [-0.25, -0.2) is 14.8 Å². The lowest BCUT2D eigenvalue weighted by molar-refractivity contribution is -0.00464. The molecule has 4 aliphatic carbocycles. The van der Waals surface area contributed by atoms with Gasteiger partial charge in [0.25, 0.3) is 0 Å². The van der Waals surface area contributed by atoms with Crippen LogP contribution >= 0.6 is 0 Å². The van der Waals surface area contributed by atoms with Crippen molar-refractivity contribution < 1.29 is 9.90 Å². The van der Waals surface area contributed by atoms with Crippen molar-refractivity contribution in [2.75, 3.05) is 0 Å². The number of carboxylic acid groups (broad SMARTS) is 1. The van der Waals surface area contributed by atoms with E-state index < -0.39 is 5.97 Å². The van der Waals surface area contributed by atoms with Gasteiger partial charge in [-0.15, -0.1) is 0 Å². The summed E-state index contributed by atoms with van der Waals surface area (Å²) in [5, 5.41) is 9.43. The Morgan fingerprint density at radius 2 is 1.75 bits per heavy atom. The average molecular weight is 272 g/mol. The second-order valence-corrected chi connectivity index (χ2v) is 6.98. The number of aryl methyl sites for hydroxylation is 1. The first-order valence-electron chi connectivity index (χ1n) is 7.68. The molecule has 4 fully saturated rings. The highest BCUT2D eigenvalue weighted by Crippen LogP contribution is 2.59. The molecule has 0 aromatic carbocycles. The molecule has 1 aromatic rings. The summed E-state index contributed by atoms with van der Waals surface area (Å²) >= 11 is 0. The topological polar surface area (TPSA) is 63.1 Å². The zero-order valence-electron chi connectivity index (χ0n) is 11.7. The van der Waals surface area contributed by atoms with Gasteiger partial charge in [-0.1, -0.05) is 0 Å². The van der Waals surface area contributed by atoms with Crippen LogP contribution in [0.4, 0.5) is 0 Å². The van der Waals surface area contributed by atoms with E-state index >= 15 is 0 Å². The first-order valence-corrected chi connectivity index (χ1v) is 7.68. The minimum absolute atomic E-state index is 0.327. The Morgan fingerprint density at radius 1 is 1.15 bits per heavy atom. The van der Waals surface area contributed by atoms with Crippen LogP contribution in [0.1, 0.15) is 59.9 Å². The number of hydrogen-bond donors (Lipinski definition) is 1. The third-order valence-corrected chi connectivity index (χ3v) is 5.71. The predicted octanol–water partition coefficient (Wildman–Crippen LogP) is 3.02. The first-order chi connectivity index (χ1) is 9.61. The summed E-state index contributed by atoms with van der Waals surface area (Å²) in [4.78, 5) is 20.1. The Hall–Kier alpha value is -1.45. The van der Waals surface area contributed by atoms with Crippen LogP contribution in [-0.4, -0.2) is 21.0 Å². The number of carboxylic acids is 1. The van der Waals surface area contributed by atoms with E-state index in [1.165, 1.54) is 38.3 Å². The molecule has 20 heavy (non-hydrogen) atoms. The summed E-state index contributed by atoms with van der Waals surface area (Å²) in [6.07, 6.45) is 8.03. The highest BCUT2D eigenvalue weighted by molar-refractivity contribution is 5.88. The third-order valence-electron chi connectivity index (χ3n) is 5.71. The molecule has 1 aromatic heterocycles. The SMILES string of the molecule is Cc1ncc(C(=O)O)c(C2C3CC4CC(C3)CC2C4)n1. The number of rotatable bonds is 2. The second kappa shape index (κ2) is 4.27. The van der Waals surface area contributed by atoms with Crippen LogP contribution in [0.2, 0.25) is 0 Å². The van der Waals surface area contributed by atoms with E-state index in [1.807, 2.05) is 6.92 Å². The molecular weight excluding hydrogens is 252 g/mol. The summed E-state index contributed by atoms with van der Waals surface area (Å²) < 4.78 is 0. The number of nitrogens with zero attached hydrogens (tertiary/aromatic N) is 2. The van der Waals surface area contributed by atoms with Crippen molar-refractivity contribution in [3.63, 3.8) is 0 Å². The number of carbonyl (C=O) groups is 1. The van der Waals surface area contributed by atoms with Gasteiger partial charge in [-0.05, 0) is 62.7 Å². The monoisotopic (exact) mass is 272 g/mol. The fraction of sp³-hybridized carbons (Fsp3) is 0.688. The predicted molar refractivity (Wildman–Crippen MR) is 73.5 cm³/mol. The molecule has 4 aliphatic rings. The van der Waals surface area contributed by atoms with E-state index in [-0.39, 0.29) is 0 Å². The summed E-state index contributed by atoms with van der Waals surface area (Å²) in [7, 11) is 0. The van der Waals surface area contributed by atoms with Crippen LogP contribution in [-0.2, 0) is 0 Å². The van der Waals surface area contributed by atoms with Gasteiger partial charge in [0.2, 0.25) is 0 Å². The molecule has 0 amide bonds. The molecule has 0 saturated heterocycles. The normalized spacial score (nSPS) is 38.1. The molecule has 4 saturated carbocycles. The molecule has 4 bridgehead atoms. The molecule has 0 unspecified atom stereocenters. The maximum atomic E-state index is 11.5. The van der Waals surface area contributed by atoms with Crippen molar-refractivity contribution in [2.24, 2.45) is 23.7 Å². The van der Waals surface area contributed by atoms with Gasteiger partial charge < -0.3 is 5.11 Å². The standard InChI is InChI=1S/C16H20N2O2/c1-8-17-7-13(16(19)20)15(18-8)14-11-3-9-2-10(5-11)6-12(14)4-9/h7,9-12,14H,2-6H2,1H3,(H,19,20). The minimum atomic E-state index is -0.881. The van der Waals surface area contributed by atoms with Crippen LogP contribution < -0.4 is 0 Å². The average Bonchev–Trinajstić information content (AvgIpc) is 2.37. The molecule has 4 heteroatoms. The maximum Gasteiger partial charge on any atom is 0.339 e. The summed E-state index contributed by atoms with van der Waals surface area (Å²) in [6, 6.07) is 0. The van der Waals surface area contributed by atoms with E-state index in [0.29, 0.717) is 29.1 Å². The molecule has 0 radical (unpaired) electrons. The van der Waals surface area contributed by atoms with Gasteiger partial charge in [0, 0.05) is 12.1 Å². The van der Waals surface area contributed by atoms with Gasteiger partial charge in [-0.3, -0.25) is 0 Å². The van der Waals surface area contributed by atoms with E-state index in [2.05, 4.69) is 9.97 Å². The Kier molecular flexibility index (Phi) is 2.63. The Labute approximate surface area is 118 Å². The second-order valence-electron chi connectivity index (χ2n) is 6.98. The minimum Gasteiger partial charge on any atom is -0.478 e.